The van der Waals surface area contributed by atoms with Gasteiger partial charge in [0.1, 0.15) is 42.7 Å². The molecular weight excluding hydrogens is 542 g/mol. The van der Waals surface area contributed by atoms with Crippen LogP contribution in [0, 0.1) is 0 Å². The van der Waals surface area contributed by atoms with Gasteiger partial charge in [0.15, 0.2) is 12.5 Å². The van der Waals surface area contributed by atoms with E-state index in [1.165, 1.54) is 0 Å². The number of phosphoric acid groups is 2. The van der Waals surface area contributed by atoms with Crippen LogP contribution in [0.4, 0.5) is 0 Å². The molecule has 9 N–H and O–H groups in total. The third kappa shape index (κ3) is 6.54. The highest BCUT2D eigenvalue weighted by molar-refractivity contribution is 7.61. The summed E-state index contributed by atoms with van der Waals surface area (Å²) in [6.07, 6.45) is -15.4. The molecule has 0 radical (unpaired) electrons. The van der Waals surface area contributed by atoms with E-state index < -0.39 is 95.4 Å². The third-order valence-corrected chi connectivity index (χ3v) is 7.76. The number of H-pyrrole nitrogens is 1. The van der Waals surface area contributed by atoms with E-state index in [0.717, 1.165) is 16.8 Å². The summed E-state index contributed by atoms with van der Waals surface area (Å²) >= 11 is 0. The Morgan fingerprint density at radius 2 is 1.56 bits per heavy atom. The molecule has 36 heavy (non-hydrogen) atoms. The van der Waals surface area contributed by atoms with E-state index in [4.69, 9.17) is 14.6 Å². The molecule has 0 aromatic carbocycles. The third-order valence-electron chi connectivity index (χ3n) is 5.16. The standard InChI is InChI=1S/C15H24N2O17P2/c18-3-5-8(20)10(22)12(24)14(32-5)33-36(28,29)34-35(26,27)30-4-6-9(21)11(23)13(31-6)17-2-1-7(19)16-15(17)25/h1-2,5-6,8-14,18,20-24H,3-4H2,(H,26,27)(H,28,29)(H,16,19,25)/t5-,6-,8+,9-,10+,11-,12-,13-,14-/m0/s1. The highest BCUT2D eigenvalue weighted by Gasteiger charge is 2.49. The monoisotopic (exact) mass is 566 g/mol. The predicted octanol–water partition coefficient (Wildman–Crippen LogP) is -4.79. The minimum absolute atomic E-state index is 0.723. The van der Waals surface area contributed by atoms with Gasteiger partial charge < -0.3 is 49.9 Å². The van der Waals surface area contributed by atoms with Gasteiger partial charge in [-0.15, -0.1) is 0 Å². The number of phosphoric ester groups is 2. The van der Waals surface area contributed by atoms with E-state index in [0.29, 0.717) is 0 Å². The van der Waals surface area contributed by atoms with E-state index in [-0.39, 0.29) is 0 Å². The molecular formula is C15H24N2O17P2. The quantitative estimate of drug-likeness (QED) is 0.127. The Morgan fingerprint density at radius 3 is 2.17 bits per heavy atom. The Labute approximate surface area is 199 Å². The summed E-state index contributed by atoms with van der Waals surface area (Å²) < 4.78 is 48.1. The number of aliphatic hydroxyl groups is 6. The highest BCUT2D eigenvalue weighted by atomic mass is 31.3. The highest BCUT2D eigenvalue weighted by Crippen LogP contribution is 2.61. The van der Waals surface area contributed by atoms with Gasteiger partial charge in [0.05, 0.1) is 13.2 Å². The molecule has 0 amide bonds. The van der Waals surface area contributed by atoms with Crippen LogP contribution in [0.5, 0.6) is 0 Å². The van der Waals surface area contributed by atoms with Gasteiger partial charge in [-0.2, -0.15) is 4.31 Å². The van der Waals surface area contributed by atoms with E-state index in [1.807, 2.05) is 4.98 Å². The summed E-state index contributed by atoms with van der Waals surface area (Å²) in [5.74, 6) is 0. The molecule has 2 aliphatic rings. The summed E-state index contributed by atoms with van der Waals surface area (Å²) in [7, 11) is -11.1. The Balaban J connectivity index is 1.61. The average molecular weight is 566 g/mol. The molecule has 0 spiro atoms. The van der Waals surface area contributed by atoms with Crippen molar-refractivity contribution in [3.05, 3.63) is 33.1 Å². The van der Waals surface area contributed by atoms with Crippen molar-refractivity contribution in [2.45, 2.75) is 55.2 Å². The molecule has 0 aliphatic carbocycles. The van der Waals surface area contributed by atoms with Crippen LogP contribution < -0.4 is 11.2 Å². The second-order valence-electron chi connectivity index (χ2n) is 7.68. The molecule has 2 fully saturated rings. The van der Waals surface area contributed by atoms with Crippen LogP contribution >= 0.6 is 15.6 Å². The Kier molecular flexibility index (Phi) is 9.05. The van der Waals surface area contributed by atoms with E-state index >= 15 is 0 Å². The van der Waals surface area contributed by atoms with Gasteiger partial charge >= 0.3 is 21.3 Å². The number of aromatic amines is 1. The van der Waals surface area contributed by atoms with E-state index in [2.05, 4.69) is 13.4 Å². The van der Waals surface area contributed by atoms with Crippen LogP contribution in [0.1, 0.15) is 6.23 Å². The fraction of sp³-hybridized carbons (Fsp3) is 0.733. The first-order chi connectivity index (χ1) is 16.7. The average Bonchev–Trinajstić information content (AvgIpc) is 3.06. The smallest absolute Gasteiger partial charge is 0.394 e. The summed E-state index contributed by atoms with van der Waals surface area (Å²) in [6.45, 7) is -1.93. The maximum absolute atomic E-state index is 12.2. The lowest BCUT2D eigenvalue weighted by molar-refractivity contribution is -0.280. The number of nitrogens with zero attached hydrogens (tertiary/aromatic N) is 1. The summed E-state index contributed by atoms with van der Waals surface area (Å²) in [6, 6.07) is 0.928. The Bertz CT molecular complexity index is 1120. The van der Waals surface area contributed by atoms with Crippen LogP contribution in [0.3, 0.4) is 0 Å². The van der Waals surface area contributed by atoms with Crippen molar-refractivity contribution in [1.82, 2.24) is 9.55 Å². The molecule has 0 bridgehead atoms. The fourth-order valence-electron chi connectivity index (χ4n) is 3.35. The predicted molar refractivity (Wildman–Crippen MR) is 109 cm³/mol. The van der Waals surface area contributed by atoms with Gasteiger partial charge in [0, 0.05) is 12.3 Å². The molecule has 21 heteroatoms. The van der Waals surface area contributed by atoms with Crippen molar-refractivity contribution in [1.29, 1.82) is 0 Å². The number of ether oxygens (including phenoxy) is 2. The molecule has 3 heterocycles. The van der Waals surface area contributed by atoms with Crippen LogP contribution in [0.15, 0.2) is 21.9 Å². The first-order valence-corrected chi connectivity index (χ1v) is 13.0. The van der Waals surface area contributed by atoms with Crippen molar-refractivity contribution in [3.8, 4) is 0 Å². The summed E-state index contributed by atoms with van der Waals surface area (Å²) in [5.41, 5.74) is -1.75. The minimum Gasteiger partial charge on any atom is -0.394 e. The van der Waals surface area contributed by atoms with Crippen molar-refractivity contribution in [2.75, 3.05) is 13.2 Å². The van der Waals surface area contributed by atoms with Gasteiger partial charge in [0.2, 0.25) is 0 Å². The topological polar surface area (TPSA) is 297 Å². The number of nitrogens with one attached hydrogen (secondary N) is 1. The summed E-state index contributed by atoms with van der Waals surface area (Å²) in [5, 5.41) is 58.6. The number of rotatable bonds is 9. The molecule has 1 aromatic heterocycles. The SMILES string of the molecule is O=c1ccn([C@H]2O[C@@H](COP(=O)(O)OP(=O)(O)O[C@@H]3O[C@@H](CO)[C@@H](O)[C@@H](O)[C@@H]3O)[C@H](O)[C@@H]2O)c(=O)[nH]1. The van der Waals surface area contributed by atoms with Gasteiger partial charge in [-0.1, -0.05) is 0 Å². The molecule has 3 rings (SSSR count). The molecule has 11 atom stereocenters. The van der Waals surface area contributed by atoms with Gasteiger partial charge in [0.25, 0.3) is 5.56 Å². The lowest BCUT2D eigenvalue weighted by Gasteiger charge is -2.39. The van der Waals surface area contributed by atoms with Crippen LogP contribution in [0.2, 0.25) is 0 Å². The van der Waals surface area contributed by atoms with Gasteiger partial charge in [-0.25, -0.2) is 13.9 Å². The van der Waals surface area contributed by atoms with Crippen LogP contribution in [-0.4, -0.2) is 112 Å². The van der Waals surface area contributed by atoms with Crippen molar-refractivity contribution < 1.29 is 72.4 Å². The lowest BCUT2D eigenvalue weighted by Crippen LogP contribution is -2.58. The van der Waals surface area contributed by atoms with Gasteiger partial charge in [-0.3, -0.25) is 23.4 Å². The lowest BCUT2D eigenvalue weighted by atomic mass is 10.00. The van der Waals surface area contributed by atoms with Crippen molar-refractivity contribution in [2.24, 2.45) is 0 Å². The van der Waals surface area contributed by atoms with Crippen molar-refractivity contribution in [3.63, 3.8) is 0 Å². The second-order valence-corrected chi connectivity index (χ2v) is 10.7. The molecule has 0 saturated carbocycles. The molecule has 1 aromatic rings. The normalized spacial score (nSPS) is 38.4. The molecule has 2 unspecified atom stereocenters. The first kappa shape index (κ1) is 29.2. The molecule has 206 valence electrons. The largest absolute Gasteiger partial charge is 0.483 e. The zero-order chi connectivity index (χ0) is 27.0. The van der Waals surface area contributed by atoms with Crippen LogP contribution in [0.25, 0.3) is 0 Å². The fourth-order valence-corrected chi connectivity index (χ4v) is 5.51. The Hall–Kier alpha value is -1.38. The van der Waals surface area contributed by atoms with Gasteiger partial charge in [-0.05, 0) is 0 Å². The number of aromatic nitrogens is 2. The number of aliphatic hydroxyl groups excluding tert-OH is 6. The molecule has 2 aliphatic heterocycles. The summed E-state index contributed by atoms with van der Waals surface area (Å²) in [4.78, 5) is 44.5. The number of hydrogen-bond donors (Lipinski definition) is 9. The maximum atomic E-state index is 12.2. The maximum Gasteiger partial charge on any atom is 0.483 e. The molecule has 2 saturated heterocycles. The molecule has 19 nitrogen and oxygen atoms in total. The zero-order valence-corrected chi connectivity index (χ0v) is 19.6. The second kappa shape index (κ2) is 11.2. The number of hydrogen-bond acceptors (Lipinski definition) is 15. The first-order valence-electron chi connectivity index (χ1n) is 9.99. The van der Waals surface area contributed by atoms with Crippen molar-refractivity contribution >= 4 is 15.6 Å². The van der Waals surface area contributed by atoms with E-state index in [1.54, 1.807) is 0 Å². The Morgan fingerprint density at radius 1 is 0.917 bits per heavy atom. The minimum atomic E-state index is -5.59. The zero-order valence-electron chi connectivity index (χ0n) is 17.9. The van der Waals surface area contributed by atoms with E-state index in [9.17, 15) is 54.0 Å². The van der Waals surface area contributed by atoms with Crippen LogP contribution in [-0.2, 0) is 32.0 Å².